The summed E-state index contributed by atoms with van der Waals surface area (Å²) < 4.78 is 0. The third kappa shape index (κ3) is 2.43. The van der Waals surface area contributed by atoms with Crippen molar-refractivity contribution in [1.82, 2.24) is 4.98 Å². The molecular formula is C8H11BClNO2. The molecule has 0 unspecified atom stereocenters. The maximum Gasteiger partial charge on any atom is 0.490 e. The van der Waals surface area contributed by atoms with Crippen LogP contribution in [0.15, 0.2) is 12.3 Å². The number of nitrogens with zero attached hydrogens (tertiary/aromatic N) is 1. The van der Waals surface area contributed by atoms with Gasteiger partial charge in [-0.15, -0.1) is 0 Å². The van der Waals surface area contributed by atoms with Crippen molar-refractivity contribution < 1.29 is 10.0 Å². The molecule has 0 spiro atoms. The first-order chi connectivity index (χ1) is 6.02. The molecule has 0 aromatic carbocycles. The minimum atomic E-state index is -1.48. The minimum Gasteiger partial charge on any atom is -0.423 e. The lowest BCUT2D eigenvalue weighted by Crippen LogP contribution is -2.30. The molecule has 0 saturated heterocycles. The highest BCUT2D eigenvalue weighted by Crippen LogP contribution is 2.20. The Bertz CT molecular complexity index is 304. The lowest BCUT2D eigenvalue weighted by atomic mass is 9.80. The molecule has 0 radical (unpaired) electrons. The van der Waals surface area contributed by atoms with E-state index in [9.17, 15) is 0 Å². The molecule has 13 heavy (non-hydrogen) atoms. The Labute approximate surface area is 82.5 Å². The fraction of sp³-hybridized carbons (Fsp3) is 0.375. The first-order valence-corrected chi connectivity index (χ1v) is 4.41. The molecule has 2 N–H and O–H groups in total. The van der Waals surface area contributed by atoms with E-state index in [0.717, 1.165) is 5.56 Å². The lowest BCUT2D eigenvalue weighted by Gasteiger charge is -2.08. The summed E-state index contributed by atoms with van der Waals surface area (Å²) in [7, 11) is -1.48. The van der Waals surface area contributed by atoms with Gasteiger partial charge in [-0.05, 0) is 11.5 Å². The summed E-state index contributed by atoms with van der Waals surface area (Å²) in [6.07, 6.45) is 1.36. The SMILES string of the molecule is CC(C)c1cc(B(O)O)cnc1Cl. The van der Waals surface area contributed by atoms with Crippen LogP contribution < -0.4 is 5.46 Å². The second-order valence-electron chi connectivity index (χ2n) is 3.18. The molecule has 1 aromatic rings. The van der Waals surface area contributed by atoms with E-state index in [2.05, 4.69) is 4.98 Å². The molecule has 1 rings (SSSR count). The van der Waals surface area contributed by atoms with Crippen LogP contribution in [0.1, 0.15) is 25.3 Å². The van der Waals surface area contributed by atoms with Gasteiger partial charge in [-0.25, -0.2) is 4.98 Å². The maximum absolute atomic E-state index is 8.89. The van der Waals surface area contributed by atoms with Crippen molar-refractivity contribution >= 4 is 24.2 Å². The molecule has 70 valence electrons. The van der Waals surface area contributed by atoms with Crippen molar-refractivity contribution in [2.75, 3.05) is 0 Å². The van der Waals surface area contributed by atoms with Gasteiger partial charge in [0, 0.05) is 11.7 Å². The summed E-state index contributed by atoms with van der Waals surface area (Å²) >= 11 is 5.82. The smallest absolute Gasteiger partial charge is 0.423 e. The summed E-state index contributed by atoms with van der Waals surface area (Å²) in [4.78, 5) is 3.87. The van der Waals surface area contributed by atoms with Crippen LogP contribution in [0.3, 0.4) is 0 Å². The Morgan fingerprint density at radius 3 is 2.54 bits per heavy atom. The van der Waals surface area contributed by atoms with Gasteiger partial charge in [-0.3, -0.25) is 0 Å². The Kier molecular flexibility index (Phi) is 3.30. The molecule has 0 saturated carbocycles. The number of hydrogen-bond donors (Lipinski definition) is 2. The zero-order chi connectivity index (χ0) is 10.0. The van der Waals surface area contributed by atoms with E-state index < -0.39 is 7.12 Å². The van der Waals surface area contributed by atoms with Gasteiger partial charge < -0.3 is 10.0 Å². The van der Waals surface area contributed by atoms with E-state index in [0.29, 0.717) is 10.6 Å². The summed E-state index contributed by atoms with van der Waals surface area (Å²) in [5.74, 6) is 0.221. The number of hydrogen-bond acceptors (Lipinski definition) is 3. The van der Waals surface area contributed by atoms with Gasteiger partial charge in [0.15, 0.2) is 0 Å². The molecule has 1 aromatic heterocycles. The van der Waals surface area contributed by atoms with Crippen LogP contribution in [0.4, 0.5) is 0 Å². The van der Waals surface area contributed by atoms with Crippen molar-refractivity contribution in [3.63, 3.8) is 0 Å². The van der Waals surface area contributed by atoms with E-state index in [1.54, 1.807) is 6.07 Å². The molecule has 1 heterocycles. The van der Waals surface area contributed by atoms with Crippen LogP contribution in [-0.4, -0.2) is 22.2 Å². The first-order valence-electron chi connectivity index (χ1n) is 4.04. The van der Waals surface area contributed by atoms with Gasteiger partial charge in [-0.2, -0.15) is 0 Å². The minimum absolute atomic E-state index is 0.221. The highest BCUT2D eigenvalue weighted by atomic mass is 35.5. The highest BCUT2D eigenvalue weighted by Gasteiger charge is 2.15. The molecule has 0 aliphatic heterocycles. The topological polar surface area (TPSA) is 53.4 Å². The second kappa shape index (κ2) is 4.09. The van der Waals surface area contributed by atoms with Crippen LogP contribution in [-0.2, 0) is 0 Å². The fourth-order valence-corrected chi connectivity index (χ4v) is 1.35. The average Bonchev–Trinajstić information content (AvgIpc) is 2.04. The quantitative estimate of drug-likeness (QED) is 0.540. The predicted molar refractivity (Wildman–Crippen MR) is 53.2 cm³/mol. The van der Waals surface area contributed by atoms with E-state index in [1.807, 2.05) is 13.8 Å². The standard InChI is InChI=1S/C8H11BClNO2/c1-5(2)7-3-6(9(12)13)4-11-8(7)10/h3-5,12-13H,1-2H3. The summed E-state index contributed by atoms with van der Waals surface area (Å²) in [6, 6.07) is 1.66. The van der Waals surface area contributed by atoms with E-state index in [-0.39, 0.29) is 5.92 Å². The molecule has 0 aliphatic carbocycles. The van der Waals surface area contributed by atoms with Gasteiger partial charge in [0.1, 0.15) is 5.15 Å². The molecular weight excluding hydrogens is 188 g/mol. The number of rotatable bonds is 2. The lowest BCUT2D eigenvalue weighted by molar-refractivity contribution is 0.425. The summed E-state index contributed by atoms with van der Waals surface area (Å²) in [6.45, 7) is 3.94. The van der Waals surface area contributed by atoms with Crippen LogP contribution in [0.2, 0.25) is 5.15 Å². The highest BCUT2D eigenvalue weighted by molar-refractivity contribution is 6.58. The van der Waals surface area contributed by atoms with Crippen LogP contribution in [0, 0.1) is 0 Å². The zero-order valence-electron chi connectivity index (χ0n) is 7.53. The van der Waals surface area contributed by atoms with Crippen molar-refractivity contribution in [2.45, 2.75) is 19.8 Å². The monoisotopic (exact) mass is 199 g/mol. The summed E-state index contributed by atoms with van der Waals surface area (Å²) in [5.41, 5.74) is 1.19. The summed E-state index contributed by atoms with van der Waals surface area (Å²) in [5, 5.41) is 18.2. The first kappa shape index (κ1) is 10.5. The Hall–Kier alpha value is -0.575. The molecule has 0 amide bonds. The van der Waals surface area contributed by atoms with Crippen molar-refractivity contribution in [3.8, 4) is 0 Å². The van der Waals surface area contributed by atoms with Crippen LogP contribution >= 0.6 is 11.6 Å². The van der Waals surface area contributed by atoms with E-state index in [1.165, 1.54) is 6.20 Å². The van der Waals surface area contributed by atoms with Gasteiger partial charge >= 0.3 is 7.12 Å². The maximum atomic E-state index is 8.89. The Morgan fingerprint density at radius 1 is 1.46 bits per heavy atom. The molecule has 0 fully saturated rings. The Morgan fingerprint density at radius 2 is 2.08 bits per heavy atom. The molecule has 0 aliphatic rings. The number of pyridine rings is 1. The molecule has 0 atom stereocenters. The zero-order valence-corrected chi connectivity index (χ0v) is 8.28. The van der Waals surface area contributed by atoms with Gasteiger partial charge in [-0.1, -0.05) is 31.5 Å². The van der Waals surface area contributed by atoms with Crippen molar-refractivity contribution in [3.05, 3.63) is 23.0 Å². The largest absolute Gasteiger partial charge is 0.490 e. The van der Waals surface area contributed by atoms with Gasteiger partial charge in [0.2, 0.25) is 0 Å². The van der Waals surface area contributed by atoms with E-state index >= 15 is 0 Å². The third-order valence-electron chi connectivity index (χ3n) is 1.81. The number of halogens is 1. The molecule has 0 bridgehead atoms. The van der Waals surface area contributed by atoms with Crippen LogP contribution in [0.5, 0.6) is 0 Å². The fourth-order valence-electron chi connectivity index (χ4n) is 1.03. The third-order valence-corrected chi connectivity index (χ3v) is 2.12. The average molecular weight is 199 g/mol. The predicted octanol–water partition coefficient (Wildman–Crippen LogP) is 0.538. The van der Waals surface area contributed by atoms with Gasteiger partial charge in [0.05, 0.1) is 0 Å². The van der Waals surface area contributed by atoms with Crippen molar-refractivity contribution in [1.29, 1.82) is 0 Å². The Balaban J connectivity index is 3.11. The van der Waals surface area contributed by atoms with Gasteiger partial charge in [0.25, 0.3) is 0 Å². The molecule has 3 nitrogen and oxygen atoms in total. The second-order valence-corrected chi connectivity index (χ2v) is 3.54. The van der Waals surface area contributed by atoms with Crippen molar-refractivity contribution in [2.24, 2.45) is 0 Å². The number of aromatic nitrogens is 1. The van der Waals surface area contributed by atoms with Crippen LogP contribution in [0.25, 0.3) is 0 Å². The normalized spacial score (nSPS) is 10.6. The van der Waals surface area contributed by atoms with E-state index in [4.69, 9.17) is 21.6 Å². The molecule has 5 heteroatoms.